The Morgan fingerprint density at radius 3 is 3.20 bits per heavy atom. The van der Waals surface area contributed by atoms with Gasteiger partial charge in [-0.3, -0.25) is 4.79 Å². The Bertz CT molecular complexity index is 367. The molecule has 1 aromatic rings. The first-order valence-corrected chi connectivity index (χ1v) is 4.90. The van der Waals surface area contributed by atoms with Crippen LogP contribution in [-0.4, -0.2) is 41.0 Å². The summed E-state index contributed by atoms with van der Waals surface area (Å²) in [4.78, 5) is 21.5. The van der Waals surface area contributed by atoms with Crippen molar-refractivity contribution in [3.8, 4) is 0 Å². The maximum Gasteiger partial charge on any atom is 0.257 e. The van der Waals surface area contributed by atoms with Gasteiger partial charge in [-0.25, -0.2) is 9.97 Å². The molecule has 15 heavy (non-hydrogen) atoms. The number of aromatic nitrogens is 2. The van der Waals surface area contributed by atoms with Crippen molar-refractivity contribution < 1.29 is 9.53 Å². The third-order valence-corrected chi connectivity index (χ3v) is 2.43. The molecular weight excluding hydrogens is 194 g/mol. The van der Waals surface area contributed by atoms with E-state index in [2.05, 4.69) is 9.97 Å². The number of ether oxygens (including phenoxy) is 1. The second-order valence-electron chi connectivity index (χ2n) is 3.46. The fourth-order valence-electron chi connectivity index (χ4n) is 1.66. The largest absolute Gasteiger partial charge is 0.385 e. The predicted octanol–water partition coefficient (Wildman–Crippen LogP) is 0.469. The molecule has 1 aromatic heterocycles. The lowest BCUT2D eigenvalue weighted by molar-refractivity contribution is 0.0759. The smallest absolute Gasteiger partial charge is 0.257 e. The quantitative estimate of drug-likeness (QED) is 0.673. The average Bonchev–Trinajstić information content (AvgIpc) is 2.57. The molecule has 1 amide bonds. The summed E-state index contributed by atoms with van der Waals surface area (Å²) >= 11 is 0. The van der Waals surface area contributed by atoms with Gasteiger partial charge in [0.15, 0.2) is 0 Å². The SMILES string of the molecule is COCCCN1Cc2ncncc2C1=O. The number of amides is 1. The van der Waals surface area contributed by atoms with Crippen LogP contribution >= 0.6 is 0 Å². The van der Waals surface area contributed by atoms with Crippen LogP contribution in [0.15, 0.2) is 12.5 Å². The van der Waals surface area contributed by atoms with E-state index in [1.165, 1.54) is 6.33 Å². The van der Waals surface area contributed by atoms with E-state index < -0.39 is 0 Å². The molecule has 1 aliphatic heterocycles. The molecule has 0 bridgehead atoms. The lowest BCUT2D eigenvalue weighted by atomic mass is 10.3. The second kappa shape index (κ2) is 4.35. The number of carbonyl (C=O) groups is 1. The number of methoxy groups -OCH3 is 1. The van der Waals surface area contributed by atoms with E-state index >= 15 is 0 Å². The maximum absolute atomic E-state index is 11.8. The van der Waals surface area contributed by atoms with Crippen LogP contribution in [0.1, 0.15) is 22.5 Å². The molecule has 1 aliphatic rings. The van der Waals surface area contributed by atoms with E-state index in [4.69, 9.17) is 4.74 Å². The summed E-state index contributed by atoms with van der Waals surface area (Å²) in [6.45, 7) is 1.98. The number of fused-ring (bicyclic) bond motifs is 1. The molecule has 2 rings (SSSR count). The molecule has 0 spiro atoms. The van der Waals surface area contributed by atoms with Gasteiger partial charge in [0.1, 0.15) is 6.33 Å². The highest BCUT2D eigenvalue weighted by atomic mass is 16.5. The highest BCUT2D eigenvalue weighted by Gasteiger charge is 2.27. The van der Waals surface area contributed by atoms with Crippen LogP contribution in [0, 0.1) is 0 Å². The van der Waals surface area contributed by atoms with Crippen molar-refractivity contribution in [1.82, 2.24) is 14.9 Å². The zero-order valence-corrected chi connectivity index (χ0v) is 8.64. The van der Waals surface area contributed by atoms with E-state index in [0.29, 0.717) is 25.3 Å². The van der Waals surface area contributed by atoms with E-state index in [0.717, 1.165) is 12.1 Å². The van der Waals surface area contributed by atoms with Crippen LogP contribution in [0.4, 0.5) is 0 Å². The Balaban J connectivity index is 2.01. The Morgan fingerprint density at radius 2 is 2.47 bits per heavy atom. The molecule has 2 heterocycles. The van der Waals surface area contributed by atoms with Gasteiger partial charge >= 0.3 is 0 Å². The lowest BCUT2D eigenvalue weighted by Crippen LogP contribution is -2.25. The van der Waals surface area contributed by atoms with Crippen LogP contribution in [0.2, 0.25) is 0 Å². The molecule has 0 saturated heterocycles. The summed E-state index contributed by atoms with van der Waals surface area (Å²) in [6.07, 6.45) is 3.91. The molecule has 0 aromatic carbocycles. The standard InChI is InChI=1S/C10H13N3O2/c1-15-4-2-3-13-6-9-8(10(13)14)5-11-7-12-9/h5,7H,2-4,6H2,1H3. The predicted molar refractivity (Wildman–Crippen MR) is 53.3 cm³/mol. The van der Waals surface area contributed by atoms with Crippen molar-refractivity contribution in [1.29, 1.82) is 0 Å². The normalized spacial score (nSPS) is 14.5. The lowest BCUT2D eigenvalue weighted by Gasteiger charge is -2.14. The van der Waals surface area contributed by atoms with Gasteiger partial charge in [-0.2, -0.15) is 0 Å². The third-order valence-electron chi connectivity index (χ3n) is 2.43. The molecular formula is C10H13N3O2. The molecule has 0 atom stereocenters. The van der Waals surface area contributed by atoms with Crippen molar-refractivity contribution in [2.75, 3.05) is 20.3 Å². The van der Waals surface area contributed by atoms with Crippen LogP contribution in [0.5, 0.6) is 0 Å². The number of carbonyl (C=O) groups excluding carboxylic acids is 1. The monoisotopic (exact) mass is 207 g/mol. The third kappa shape index (κ3) is 1.97. The first-order chi connectivity index (χ1) is 7.33. The number of hydrogen-bond donors (Lipinski definition) is 0. The van der Waals surface area contributed by atoms with Gasteiger partial charge in [0, 0.05) is 26.5 Å². The van der Waals surface area contributed by atoms with Gasteiger partial charge in [0.2, 0.25) is 0 Å². The second-order valence-corrected chi connectivity index (χ2v) is 3.46. The van der Waals surface area contributed by atoms with Crippen molar-refractivity contribution in [3.05, 3.63) is 23.8 Å². The molecule has 0 unspecified atom stereocenters. The molecule has 5 nitrogen and oxygen atoms in total. The zero-order valence-electron chi connectivity index (χ0n) is 8.64. The van der Waals surface area contributed by atoms with Crippen molar-refractivity contribution >= 4 is 5.91 Å². The fourth-order valence-corrected chi connectivity index (χ4v) is 1.66. The summed E-state index contributed by atoms with van der Waals surface area (Å²) in [5.41, 5.74) is 1.46. The minimum atomic E-state index is 0.0294. The maximum atomic E-state index is 11.8. The Hall–Kier alpha value is -1.49. The van der Waals surface area contributed by atoms with E-state index in [9.17, 15) is 4.79 Å². The fraction of sp³-hybridized carbons (Fsp3) is 0.500. The van der Waals surface area contributed by atoms with E-state index in [1.807, 2.05) is 0 Å². The summed E-state index contributed by atoms with van der Waals surface area (Å²) in [5, 5.41) is 0. The average molecular weight is 207 g/mol. The van der Waals surface area contributed by atoms with Crippen molar-refractivity contribution in [2.45, 2.75) is 13.0 Å². The van der Waals surface area contributed by atoms with Crippen molar-refractivity contribution in [3.63, 3.8) is 0 Å². The van der Waals surface area contributed by atoms with E-state index in [1.54, 1.807) is 18.2 Å². The van der Waals surface area contributed by atoms with Gasteiger partial charge in [-0.05, 0) is 6.42 Å². The Kier molecular flexibility index (Phi) is 2.91. The molecule has 0 radical (unpaired) electrons. The summed E-state index contributed by atoms with van der Waals surface area (Å²) in [5.74, 6) is 0.0294. The molecule has 0 N–H and O–H groups in total. The van der Waals surface area contributed by atoms with Gasteiger partial charge < -0.3 is 9.64 Å². The summed E-state index contributed by atoms with van der Waals surface area (Å²) in [7, 11) is 1.66. The van der Waals surface area contributed by atoms with Crippen LogP contribution in [0.3, 0.4) is 0 Å². The molecule has 0 fully saturated rings. The number of nitrogens with zero attached hydrogens (tertiary/aromatic N) is 3. The van der Waals surface area contributed by atoms with Crippen LogP contribution in [0.25, 0.3) is 0 Å². The summed E-state index contributed by atoms with van der Waals surface area (Å²) < 4.78 is 4.95. The molecule has 0 aliphatic carbocycles. The number of rotatable bonds is 4. The van der Waals surface area contributed by atoms with Gasteiger partial charge in [-0.15, -0.1) is 0 Å². The Morgan fingerprint density at radius 1 is 1.60 bits per heavy atom. The minimum Gasteiger partial charge on any atom is -0.385 e. The van der Waals surface area contributed by atoms with Gasteiger partial charge in [-0.1, -0.05) is 0 Å². The van der Waals surface area contributed by atoms with Gasteiger partial charge in [0.05, 0.1) is 17.8 Å². The first kappa shape index (κ1) is 10.0. The van der Waals surface area contributed by atoms with Crippen molar-refractivity contribution in [2.24, 2.45) is 0 Å². The van der Waals surface area contributed by atoms with Crippen LogP contribution < -0.4 is 0 Å². The molecule has 80 valence electrons. The zero-order chi connectivity index (χ0) is 10.7. The number of hydrogen-bond acceptors (Lipinski definition) is 4. The van der Waals surface area contributed by atoms with E-state index in [-0.39, 0.29) is 5.91 Å². The highest BCUT2D eigenvalue weighted by molar-refractivity contribution is 5.97. The highest BCUT2D eigenvalue weighted by Crippen LogP contribution is 2.19. The van der Waals surface area contributed by atoms with Crippen LogP contribution in [-0.2, 0) is 11.3 Å². The summed E-state index contributed by atoms with van der Waals surface area (Å²) in [6, 6.07) is 0. The minimum absolute atomic E-state index is 0.0294. The Labute approximate surface area is 88.1 Å². The molecule has 5 heteroatoms. The van der Waals surface area contributed by atoms with Gasteiger partial charge in [0.25, 0.3) is 5.91 Å². The topological polar surface area (TPSA) is 55.3 Å². The first-order valence-electron chi connectivity index (χ1n) is 4.90. The molecule has 0 saturated carbocycles.